The molecule has 29 heavy (non-hydrogen) atoms. The number of nitrogens with one attached hydrogen (secondary N) is 1. The maximum absolute atomic E-state index is 12.8. The molecule has 1 heterocycles. The van der Waals surface area contributed by atoms with E-state index in [0.29, 0.717) is 17.5 Å². The average molecular weight is 417 g/mol. The molecule has 0 aromatic heterocycles. The molecule has 0 aliphatic carbocycles. The fraction of sp³-hybridized carbons (Fsp3) is 0.333. The van der Waals surface area contributed by atoms with Crippen LogP contribution in [0.1, 0.15) is 24.5 Å². The number of amides is 1. The highest BCUT2D eigenvalue weighted by atomic mass is 32.2. The van der Waals surface area contributed by atoms with Crippen LogP contribution >= 0.6 is 0 Å². The second kappa shape index (κ2) is 7.96. The van der Waals surface area contributed by atoms with Crippen molar-refractivity contribution in [3.05, 3.63) is 71.8 Å². The number of esters is 1. The van der Waals surface area contributed by atoms with Gasteiger partial charge in [0.2, 0.25) is 5.60 Å². The van der Waals surface area contributed by atoms with Gasteiger partial charge in [0.25, 0.3) is 5.91 Å². The molecule has 1 amide bonds. The highest BCUT2D eigenvalue weighted by Gasteiger charge is 2.43. The van der Waals surface area contributed by atoms with Crippen molar-refractivity contribution in [2.75, 3.05) is 18.1 Å². The van der Waals surface area contributed by atoms with Crippen LogP contribution in [0, 0.1) is 0 Å². The smallest absolute Gasteiger partial charge is 0.348 e. The number of benzene rings is 2. The molecule has 2 N–H and O–H groups in total. The molecule has 1 fully saturated rings. The van der Waals surface area contributed by atoms with E-state index in [1.165, 1.54) is 0 Å². The van der Waals surface area contributed by atoms with E-state index in [1.807, 2.05) is 0 Å². The second-order valence-electron chi connectivity index (χ2n) is 7.47. The number of rotatable bonds is 6. The molecular weight excluding hydrogens is 394 g/mol. The van der Waals surface area contributed by atoms with Crippen molar-refractivity contribution in [2.45, 2.75) is 24.5 Å². The van der Waals surface area contributed by atoms with Crippen molar-refractivity contribution in [3.8, 4) is 0 Å². The molecule has 1 atom stereocenters. The van der Waals surface area contributed by atoms with Crippen LogP contribution < -0.4 is 5.32 Å². The van der Waals surface area contributed by atoms with Crippen LogP contribution in [-0.4, -0.2) is 49.1 Å². The molecule has 1 aliphatic heterocycles. The van der Waals surface area contributed by atoms with Gasteiger partial charge in [0.15, 0.2) is 16.4 Å². The molecule has 1 unspecified atom stereocenters. The minimum Gasteiger partial charge on any atom is -0.453 e. The summed E-state index contributed by atoms with van der Waals surface area (Å²) in [6, 6.07) is 16.6. The van der Waals surface area contributed by atoms with E-state index in [1.54, 1.807) is 67.6 Å². The van der Waals surface area contributed by atoms with Crippen LogP contribution in [0.25, 0.3) is 0 Å². The Morgan fingerprint density at radius 2 is 1.59 bits per heavy atom. The van der Waals surface area contributed by atoms with E-state index >= 15 is 0 Å². The molecule has 1 saturated heterocycles. The molecule has 0 spiro atoms. The maximum Gasteiger partial charge on any atom is 0.348 e. The Morgan fingerprint density at radius 1 is 1.07 bits per heavy atom. The number of ether oxygens (including phenoxy) is 1. The fourth-order valence-electron chi connectivity index (χ4n) is 3.48. The lowest BCUT2D eigenvalue weighted by Gasteiger charge is -2.28. The van der Waals surface area contributed by atoms with E-state index in [2.05, 4.69) is 5.32 Å². The van der Waals surface area contributed by atoms with Crippen LogP contribution in [0.5, 0.6) is 0 Å². The fourth-order valence-corrected chi connectivity index (χ4v) is 5.57. The van der Waals surface area contributed by atoms with Gasteiger partial charge in [-0.1, -0.05) is 60.7 Å². The molecule has 1 aliphatic rings. The summed E-state index contributed by atoms with van der Waals surface area (Å²) in [5.41, 5.74) is -2.35. The lowest BCUT2D eigenvalue weighted by Crippen LogP contribution is -2.49. The van der Waals surface area contributed by atoms with E-state index in [0.717, 1.165) is 0 Å². The van der Waals surface area contributed by atoms with Crippen LogP contribution in [0.15, 0.2) is 60.7 Å². The third-order valence-electron chi connectivity index (χ3n) is 4.96. The Labute approximate surface area is 169 Å². The summed E-state index contributed by atoms with van der Waals surface area (Å²) < 4.78 is 28.5. The molecule has 0 saturated carbocycles. The number of carbonyl (C=O) groups excluding carboxylic acids is 2. The van der Waals surface area contributed by atoms with Gasteiger partial charge in [-0.25, -0.2) is 13.2 Å². The van der Waals surface area contributed by atoms with Crippen LogP contribution in [0.4, 0.5) is 0 Å². The lowest BCUT2D eigenvalue weighted by molar-refractivity contribution is -0.164. The zero-order chi connectivity index (χ0) is 21.1. The zero-order valence-electron chi connectivity index (χ0n) is 16.0. The predicted octanol–water partition coefficient (Wildman–Crippen LogP) is 1.16. The predicted molar refractivity (Wildman–Crippen MR) is 107 cm³/mol. The molecule has 0 radical (unpaired) electrons. The average Bonchev–Trinajstić information content (AvgIpc) is 2.99. The van der Waals surface area contributed by atoms with Crippen molar-refractivity contribution in [1.29, 1.82) is 0 Å². The van der Waals surface area contributed by atoms with Gasteiger partial charge in [-0.2, -0.15) is 0 Å². The van der Waals surface area contributed by atoms with Crippen molar-refractivity contribution < 1.29 is 27.9 Å². The van der Waals surface area contributed by atoms with Gasteiger partial charge < -0.3 is 15.2 Å². The highest BCUT2D eigenvalue weighted by Crippen LogP contribution is 2.31. The zero-order valence-corrected chi connectivity index (χ0v) is 16.8. The lowest BCUT2D eigenvalue weighted by atomic mass is 9.86. The summed E-state index contributed by atoms with van der Waals surface area (Å²) in [6.45, 7) is 1.01. The van der Waals surface area contributed by atoms with Gasteiger partial charge in [-0.3, -0.25) is 4.79 Å². The number of hydrogen-bond acceptors (Lipinski definition) is 6. The number of hydrogen-bond donors (Lipinski definition) is 2. The Balaban J connectivity index is 1.74. The van der Waals surface area contributed by atoms with Gasteiger partial charge >= 0.3 is 5.97 Å². The third-order valence-corrected chi connectivity index (χ3v) is 6.86. The molecule has 2 aromatic rings. The Morgan fingerprint density at radius 3 is 2.03 bits per heavy atom. The monoisotopic (exact) mass is 417 g/mol. The standard InChI is InChI=1S/C21H23NO6S/c1-20(12-13-29(26,27)15-20)22-18(23)14-28-19(24)21(25,16-8-4-2-5-9-16)17-10-6-3-7-11-17/h2-11,25H,12-15H2,1H3,(H,22,23). The van der Waals surface area contributed by atoms with Gasteiger partial charge in [0.05, 0.1) is 17.0 Å². The SMILES string of the molecule is CC1(NC(=O)COC(=O)C(O)(c2ccccc2)c2ccccc2)CCS(=O)(=O)C1. The van der Waals surface area contributed by atoms with E-state index < -0.39 is 39.5 Å². The maximum atomic E-state index is 12.8. The molecule has 2 aromatic carbocycles. The summed E-state index contributed by atoms with van der Waals surface area (Å²) >= 11 is 0. The molecule has 8 heteroatoms. The molecule has 7 nitrogen and oxygen atoms in total. The minimum absolute atomic E-state index is 0.00529. The normalized spacial score (nSPS) is 20.8. The van der Waals surface area contributed by atoms with Gasteiger partial charge in [-0.05, 0) is 24.5 Å². The summed E-state index contributed by atoms with van der Waals surface area (Å²) in [4.78, 5) is 25.1. The van der Waals surface area contributed by atoms with Crippen molar-refractivity contribution in [3.63, 3.8) is 0 Å². The van der Waals surface area contributed by atoms with Crippen LogP contribution in [0.3, 0.4) is 0 Å². The van der Waals surface area contributed by atoms with Crippen molar-refractivity contribution in [2.24, 2.45) is 0 Å². The molecule has 3 rings (SSSR count). The number of sulfone groups is 1. The van der Waals surface area contributed by atoms with E-state index in [9.17, 15) is 23.1 Å². The Kier molecular flexibility index (Phi) is 5.77. The molecule has 0 bridgehead atoms. The van der Waals surface area contributed by atoms with Crippen LogP contribution in [0.2, 0.25) is 0 Å². The first kappa shape index (κ1) is 21.0. The number of aliphatic hydroxyl groups is 1. The summed E-state index contributed by atoms with van der Waals surface area (Å²) in [7, 11) is -3.19. The first-order valence-electron chi connectivity index (χ1n) is 9.17. The first-order valence-corrected chi connectivity index (χ1v) is 11.0. The van der Waals surface area contributed by atoms with Gasteiger partial charge in [-0.15, -0.1) is 0 Å². The van der Waals surface area contributed by atoms with Crippen molar-refractivity contribution in [1.82, 2.24) is 5.32 Å². The largest absolute Gasteiger partial charge is 0.453 e. The topological polar surface area (TPSA) is 110 Å². The highest BCUT2D eigenvalue weighted by molar-refractivity contribution is 7.91. The van der Waals surface area contributed by atoms with Gasteiger partial charge in [0.1, 0.15) is 0 Å². The minimum atomic E-state index is -3.19. The van der Waals surface area contributed by atoms with E-state index in [-0.39, 0.29) is 11.5 Å². The number of carbonyl (C=O) groups is 2. The van der Waals surface area contributed by atoms with Crippen molar-refractivity contribution >= 4 is 21.7 Å². The van der Waals surface area contributed by atoms with Gasteiger partial charge in [0, 0.05) is 0 Å². The quantitative estimate of drug-likeness (QED) is 0.683. The summed E-state index contributed by atoms with van der Waals surface area (Å²) in [5.74, 6) is -1.76. The van der Waals surface area contributed by atoms with E-state index in [4.69, 9.17) is 4.74 Å². The molecule has 154 valence electrons. The Bertz CT molecular complexity index is 951. The van der Waals surface area contributed by atoms with Crippen LogP contribution in [-0.2, 0) is 29.8 Å². The second-order valence-corrected chi connectivity index (χ2v) is 9.65. The third kappa shape index (κ3) is 4.65. The first-order chi connectivity index (χ1) is 13.6. The Hall–Kier alpha value is -2.71. The molecular formula is C21H23NO6S. The summed E-state index contributed by atoms with van der Waals surface area (Å²) in [5, 5.41) is 13.9. The summed E-state index contributed by atoms with van der Waals surface area (Å²) in [6.07, 6.45) is 0.299.